The van der Waals surface area contributed by atoms with Gasteiger partial charge >= 0.3 is 0 Å². The number of nitrogens with zero attached hydrogens (tertiary/aromatic N) is 1. The molecule has 0 amide bonds. The molecule has 1 fully saturated rings. The third-order valence-corrected chi connectivity index (χ3v) is 4.03. The molecule has 1 aromatic carbocycles. The number of benzene rings is 1. The van der Waals surface area contributed by atoms with E-state index in [1.165, 1.54) is 0 Å². The van der Waals surface area contributed by atoms with Crippen LogP contribution in [-0.2, 0) is 11.3 Å². The van der Waals surface area contributed by atoms with Crippen LogP contribution in [0.1, 0.15) is 37.3 Å². The van der Waals surface area contributed by atoms with Gasteiger partial charge in [0.25, 0.3) is 0 Å². The average molecular weight is 351 g/mol. The highest BCUT2D eigenvalue weighted by Crippen LogP contribution is 2.23. The zero-order chi connectivity index (χ0) is 17.9. The van der Waals surface area contributed by atoms with E-state index in [1.54, 1.807) is 0 Å². The van der Waals surface area contributed by atoms with Crippen molar-refractivity contribution < 1.29 is 13.9 Å². The summed E-state index contributed by atoms with van der Waals surface area (Å²) in [5.74, 6) is 1.56. The minimum atomic E-state index is -0.328. The second kappa shape index (κ2) is 10.9. The van der Waals surface area contributed by atoms with Crippen molar-refractivity contribution in [3.05, 3.63) is 29.3 Å². The smallest absolute Gasteiger partial charge is 0.191 e. The van der Waals surface area contributed by atoms with Gasteiger partial charge in [-0.3, -0.25) is 4.39 Å². The SMILES string of the molecule is CCNC(=NCc1ccc(C)cc1OCC1CCCO1)NCCCF. The first-order valence-corrected chi connectivity index (χ1v) is 9.15. The molecule has 0 saturated carbocycles. The number of halogens is 1. The fourth-order valence-corrected chi connectivity index (χ4v) is 2.66. The molecule has 1 aromatic rings. The summed E-state index contributed by atoms with van der Waals surface area (Å²) < 4.78 is 23.9. The molecule has 0 aliphatic carbocycles. The van der Waals surface area contributed by atoms with Crippen LogP contribution in [0.4, 0.5) is 4.39 Å². The summed E-state index contributed by atoms with van der Waals surface area (Å²) in [5, 5.41) is 6.31. The molecule has 1 unspecified atom stereocenters. The summed E-state index contributed by atoms with van der Waals surface area (Å²) in [7, 11) is 0. The van der Waals surface area contributed by atoms with Crippen molar-refractivity contribution in [3.63, 3.8) is 0 Å². The van der Waals surface area contributed by atoms with Gasteiger partial charge in [-0.15, -0.1) is 0 Å². The third kappa shape index (κ3) is 6.90. The topological polar surface area (TPSA) is 54.9 Å². The first-order valence-electron chi connectivity index (χ1n) is 9.15. The van der Waals surface area contributed by atoms with Crippen LogP contribution in [0.15, 0.2) is 23.2 Å². The molecule has 25 heavy (non-hydrogen) atoms. The second-order valence-corrected chi connectivity index (χ2v) is 6.22. The monoisotopic (exact) mass is 351 g/mol. The molecular weight excluding hydrogens is 321 g/mol. The van der Waals surface area contributed by atoms with Crippen molar-refractivity contribution in [1.82, 2.24) is 10.6 Å². The average Bonchev–Trinajstić information content (AvgIpc) is 3.12. The molecule has 1 aliphatic heterocycles. The Balaban J connectivity index is 1.99. The zero-order valence-corrected chi connectivity index (χ0v) is 15.3. The molecule has 6 heteroatoms. The number of guanidine groups is 1. The lowest BCUT2D eigenvalue weighted by Crippen LogP contribution is -2.37. The molecule has 1 aliphatic rings. The molecule has 5 nitrogen and oxygen atoms in total. The van der Waals surface area contributed by atoms with Gasteiger partial charge < -0.3 is 20.1 Å². The van der Waals surface area contributed by atoms with Gasteiger partial charge in [0.2, 0.25) is 0 Å². The van der Waals surface area contributed by atoms with Gasteiger partial charge in [-0.2, -0.15) is 0 Å². The van der Waals surface area contributed by atoms with E-state index in [0.717, 1.165) is 42.9 Å². The minimum Gasteiger partial charge on any atom is -0.491 e. The Morgan fingerprint density at radius 2 is 2.28 bits per heavy atom. The Bertz CT molecular complexity index is 545. The van der Waals surface area contributed by atoms with Crippen molar-refractivity contribution in [2.24, 2.45) is 4.99 Å². The van der Waals surface area contributed by atoms with E-state index in [-0.39, 0.29) is 12.8 Å². The summed E-state index contributed by atoms with van der Waals surface area (Å²) in [6.07, 6.45) is 2.83. The minimum absolute atomic E-state index is 0.191. The third-order valence-electron chi connectivity index (χ3n) is 4.03. The Labute approximate surface area is 150 Å². The molecule has 2 rings (SSSR count). The molecule has 0 aromatic heterocycles. The van der Waals surface area contributed by atoms with E-state index in [4.69, 9.17) is 9.47 Å². The van der Waals surface area contributed by atoms with Gasteiger partial charge in [0.1, 0.15) is 12.4 Å². The maximum Gasteiger partial charge on any atom is 0.191 e. The first-order chi connectivity index (χ1) is 12.2. The van der Waals surface area contributed by atoms with Gasteiger partial charge in [-0.1, -0.05) is 12.1 Å². The lowest BCUT2D eigenvalue weighted by Gasteiger charge is -2.15. The molecule has 2 N–H and O–H groups in total. The highest BCUT2D eigenvalue weighted by atomic mass is 19.1. The van der Waals surface area contributed by atoms with Crippen molar-refractivity contribution in [1.29, 1.82) is 0 Å². The molecule has 1 saturated heterocycles. The Morgan fingerprint density at radius 3 is 3.00 bits per heavy atom. The number of rotatable bonds is 9. The fraction of sp³-hybridized carbons (Fsp3) is 0.632. The summed E-state index contributed by atoms with van der Waals surface area (Å²) in [6, 6.07) is 6.16. The van der Waals surface area contributed by atoms with Crippen LogP contribution in [0.2, 0.25) is 0 Å². The van der Waals surface area contributed by atoms with E-state index >= 15 is 0 Å². The van der Waals surface area contributed by atoms with Crippen molar-refractivity contribution in [2.75, 3.05) is 33.0 Å². The van der Waals surface area contributed by atoms with Crippen molar-refractivity contribution in [3.8, 4) is 5.75 Å². The maximum absolute atomic E-state index is 12.3. The lowest BCUT2D eigenvalue weighted by molar-refractivity contribution is 0.0676. The number of hydrogen-bond donors (Lipinski definition) is 2. The second-order valence-electron chi connectivity index (χ2n) is 6.22. The zero-order valence-electron chi connectivity index (χ0n) is 15.3. The van der Waals surface area contributed by atoms with Gasteiger partial charge in [0.05, 0.1) is 19.3 Å². The Morgan fingerprint density at radius 1 is 1.40 bits per heavy atom. The van der Waals surface area contributed by atoms with Gasteiger partial charge in [0.15, 0.2) is 5.96 Å². The van der Waals surface area contributed by atoms with Crippen molar-refractivity contribution in [2.45, 2.75) is 45.8 Å². The van der Waals surface area contributed by atoms with Crippen LogP contribution in [0, 0.1) is 6.92 Å². The summed E-state index contributed by atoms with van der Waals surface area (Å²) in [4.78, 5) is 4.59. The first kappa shape index (κ1) is 19.5. The van der Waals surface area contributed by atoms with Crippen molar-refractivity contribution >= 4 is 5.96 Å². The van der Waals surface area contributed by atoms with Crippen LogP contribution in [0.3, 0.4) is 0 Å². The summed E-state index contributed by atoms with van der Waals surface area (Å²) in [5.41, 5.74) is 2.19. The molecule has 0 spiro atoms. The van der Waals surface area contributed by atoms with E-state index in [1.807, 2.05) is 13.0 Å². The highest BCUT2D eigenvalue weighted by molar-refractivity contribution is 5.79. The van der Waals surface area contributed by atoms with E-state index in [9.17, 15) is 4.39 Å². The predicted octanol–water partition coefficient (Wildman–Crippen LogP) is 2.97. The van der Waals surface area contributed by atoms with Gasteiger partial charge in [-0.25, -0.2) is 4.99 Å². The molecule has 0 bridgehead atoms. The number of ether oxygens (including phenoxy) is 2. The van der Waals surface area contributed by atoms with Crippen LogP contribution >= 0.6 is 0 Å². The summed E-state index contributed by atoms with van der Waals surface area (Å²) >= 11 is 0. The predicted molar refractivity (Wildman–Crippen MR) is 99.1 cm³/mol. The molecular formula is C19H30FN3O2. The number of hydrogen-bond acceptors (Lipinski definition) is 3. The Kier molecular flexibility index (Phi) is 8.52. The van der Waals surface area contributed by atoms with Gasteiger partial charge in [-0.05, 0) is 44.7 Å². The normalized spacial score (nSPS) is 17.6. The number of aliphatic imine (C=N–C) groups is 1. The maximum atomic E-state index is 12.3. The molecule has 0 radical (unpaired) electrons. The van der Waals surface area contributed by atoms with Crippen LogP contribution in [-0.4, -0.2) is 45.0 Å². The van der Waals surface area contributed by atoms with E-state index in [0.29, 0.717) is 32.1 Å². The largest absolute Gasteiger partial charge is 0.491 e. The molecule has 1 heterocycles. The quantitative estimate of drug-likeness (QED) is 0.408. The summed E-state index contributed by atoms with van der Waals surface area (Å²) in [6.45, 7) is 6.97. The van der Waals surface area contributed by atoms with Crippen LogP contribution < -0.4 is 15.4 Å². The Hall–Kier alpha value is -1.82. The van der Waals surface area contributed by atoms with Crippen LogP contribution in [0.5, 0.6) is 5.75 Å². The molecule has 140 valence electrons. The number of aryl methyl sites for hydroxylation is 1. The standard InChI is InChI=1S/C19H30FN3O2/c1-3-21-19(22-10-5-9-20)23-13-16-8-7-15(2)12-18(16)25-14-17-6-4-11-24-17/h7-8,12,17H,3-6,9-11,13-14H2,1-2H3,(H2,21,22,23). The fourth-order valence-electron chi connectivity index (χ4n) is 2.66. The lowest BCUT2D eigenvalue weighted by atomic mass is 10.1. The van der Waals surface area contributed by atoms with Crippen LogP contribution in [0.25, 0.3) is 0 Å². The van der Waals surface area contributed by atoms with E-state index < -0.39 is 0 Å². The molecule has 1 atom stereocenters. The van der Waals surface area contributed by atoms with E-state index in [2.05, 4.69) is 34.7 Å². The number of nitrogens with one attached hydrogen (secondary N) is 2. The highest BCUT2D eigenvalue weighted by Gasteiger charge is 2.16. The van der Waals surface area contributed by atoms with Gasteiger partial charge in [0, 0.05) is 25.3 Å². The number of alkyl halides is 1.